The number of rotatable bonds is 4. The van der Waals surface area contributed by atoms with E-state index in [0.29, 0.717) is 16.4 Å². The number of carbonyl (C=O) groups is 1. The molecule has 2 amide bonds. The second kappa shape index (κ2) is 6.58. The number of non-ortho nitro benzene ring substituents is 1. The zero-order chi connectivity index (χ0) is 15.2. The second-order valence-corrected chi connectivity index (χ2v) is 4.40. The highest BCUT2D eigenvalue weighted by molar-refractivity contribution is 6.33. The van der Waals surface area contributed by atoms with Crippen molar-refractivity contribution >= 4 is 34.7 Å². The SMILES string of the molecule is O=C(NNc1ccccc1Cl)Nc1cccc([N+](=O)[O-])c1. The first-order valence-electron chi connectivity index (χ1n) is 5.88. The van der Waals surface area contributed by atoms with Crippen molar-refractivity contribution in [3.05, 3.63) is 63.7 Å². The molecule has 2 rings (SSSR count). The first-order valence-corrected chi connectivity index (χ1v) is 6.26. The molecule has 0 heterocycles. The molecule has 0 atom stereocenters. The molecule has 0 radical (unpaired) electrons. The predicted octanol–water partition coefficient (Wildman–Crippen LogP) is 3.40. The number of nitrogens with one attached hydrogen (secondary N) is 3. The van der Waals surface area contributed by atoms with Gasteiger partial charge >= 0.3 is 6.03 Å². The van der Waals surface area contributed by atoms with Crippen molar-refractivity contribution in [2.45, 2.75) is 0 Å². The van der Waals surface area contributed by atoms with Crippen molar-refractivity contribution in [2.75, 3.05) is 10.7 Å². The number of hydrazine groups is 1. The van der Waals surface area contributed by atoms with E-state index in [1.54, 1.807) is 30.3 Å². The number of nitro benzene ring substituents is 1. The van der Waals surface area contributed by atoms with Crippen LogP contribution in [-0.2, 0) is 0 Å². The standard InChI is InChI=1S/C13H11ClN4O3/c14-11-6-1-2-7-12(11)16-17-13(19)15-9-4-3-5-10(8-9)18(20)21/h1-8,16H,(H2,15,17,19). The number of carbonyl (C=O) groups excluding carboxylic acids is 1. The number of halogens is 1. The lowest BCUT2D eigenvalue weighted by Gasteiger charge is -2.10. The van der Waals surface area contributed by atoms with Crippen molar-refractivity contribution in [1.82, 2.24) is 5.43 Å². The van der Waals surface area contributed by atoms with Gasteiger partial charge in [0.25, 0.3) is 5.69 Å². The second-order valence-electron chi connectivity index (χ2n) is 3.99. The molecule has 0 unspecified atom stereocenters. The van der Waals surface area contributed by atoms with Crippen LogP contribution in [0.5, 0.6) is 0 Å². The molecule has 0 aliphatic heterocycles. The number of hydrogen-bond donors (Lipinski definition) is 3. The maximum Gasteiger partial charge on any atom is 0.337 e. The van der Waals surface area contributed by atoms with Gasteiger partial charge in [0.15, 0.2) is 0 Å². The molecule has 7 nitrogen and oxygen atoms in total. The summed E-state index contributed by atoms with van der Waals surface area (Å²) in [7, 11) is 0. The van der Waals surface area contributed by atoms with Crippen LogP contribution in [0.4, 0.5) is 21.9 Å². The molecule has 21 heavy (non-hydrogen) atoms. The molecule has 2 aromatic rings. The largest absolute Gasteiger partial charge is 0.337 e. The van der Waals surface area contributed by atoms with Crippen LogP contribution in [0.3, 0.4) is 0 Å². The summed E-state index contributed by atoms with van der Waals surface area (Å²) in [5, 5.41) is 13.6. The Morgan fingerprint density at radius 2 is 1.90 bits per heavy atom. The Morgan fingerprint density at radius 1 is 1.14 bits per heavy atom. The monoisotopic (exact) mass is 306 g/mol. The minimum absolute atomic E-state index is 0.105. The van der Waals surface area contributed by atoms with Gasteiger partial charge in [0, 0.05) is 17.8 Å². The number of urea groups is 1. The lowest BCUT2D eigenvalue weighted by Crippen LogP contribution is -2.33. The lowest BCUT2D eigenvalue weighted by atomic mass is 10.3. The normalized spacial score (nSPS) is 9.76. The zero-order valence-corrected chi connectivity index (χ0v) is 11.4. The average Bonchev–Trinajstić information content (AvgIpc) is 2.46. The van der Waals surface area contributed by atoms with Crippen LogP contribution in [0.2, 0.25) is 5.02 Å². The lowest BCUT2D eigenvalue weighted by molar-refractivity contribution is -0.384. The van der Waals surface area contributed by atoms with E-state index in [1.807, 2.05) is 0 Å². The van der Waals surface area contributed by atoms with Gasteiger partial charge in [-0.2, -0.15) is 0 Å². The molecule has 0 saturated carbocycles. The molecule has 8 heteroatoms. The van der Waals surface area contributed by atoms with E-state index in [0.717, 1.165) is 0 Å². The Hall–Kier alpha value is -2.80. The Bertz CT molecular complexity index is 678. The van der Waals surface area contributed by atoms with Crippen molar-refractivity contribution < 1.29 is 9.72 Å². The summed E-state index contributed by atoms with van der Waals surface area (Å²) in [6, 6.07) is 11.9. The van der Waals surface area contributed by atoms with Gasteiger partial charge in [-0.05, 0) is 18.2 Å². The van der Waals surface area contributed by atoms with Gasteiger partial charge in [-0.3, -0.25) is 21.0 Å². The summed E-state index contributed by atoms with van der Waals surface area (Å²) < 4.78 is 0. The molecule has 0 spiro atoms. The summed E-state index contributed by atoms with van der Waals surface area (Å²) >= 11 is 5.91. The van der Waals surface area contributed by atoms with E-state index >= 15 is 0 Å². The Morgan fingerprint density at radius 3 is 2.62 bits per heavy atom. The van der Waals surface area contributed by atoms with Gasteiger partial charge in [0.2, 0.25) is 0 Å². The van der Waals surface area contributed by atoms with Crippen LogP contribution in [0, 0.1) is 10.1 Å². The number of amides is 2. The average molecular weight is 307 g/mol. The molecule has 0 saturated heterocycles. The first kappa shape index (κ1) is 14.6. The van der Waals surface area contributed by atoms with Gasteiger partial charge in [-0.1, -0.05) is 29.8 Å². The molecule has 0 aromatic heterocycles. The highest BCUT2D eigenvalue weighted by Crippen LogP contribution is 2.19. The molecule has 108 valence electrons. The fourth-order valence-electron chi connectivity index (χ4n) is 1.55. The summed E-state index contributed by atoms with van der Waals surface area (Å²) in [5.41, 5.74) is 5.76. The van der Waals surface area contributed by atoms with E-state index < -0.39 is 11.0 Å². The highest BCUT2D eigenvalue weighted by atomic mass is 35.5. The number of benzene rings is 2. The quantitative estimate of drug-likeness (QED) is 0.596. The Labute approximate surface area is 125 Å². The van der Waals surface area contributed by atoms with E-state index in [-0.39, 0.29) is 5.69 Å². The van der Waals surface area contributed by atoms with E-state index in [9.17, 15) is 14.9 Å². The summed E-state index contributed by atoms with van der Waals surface area (Å²) in [5.74, 6) is 0. The highest BCUT2D eigenvalue weighted by Gasteiger charge is 2.08. The van der Waals surface area contributed by atoms with Crippen molar-refractivity contribution in [1.29, 1.82) is 0 Å². The fourth-order valence-corrected chi connectivity index (χ4v) is 1.73. The van der Waals surface area contributed by atoms with Gasteiger partial charge in [0.05, 0.1) is 15.6 Å². The minimum Gasteiger partial charge on any atom is -0.306 e. The maximum atomic E-state index is 11.7. The molecule has 3 N–H and O–H groups in total. The first-order chi connectivity index (χ1) is 10.1. The number of para-hydroxylation sites is 1. The molecule has 0 bridgehead atoms. The molecular weight excluding hydrogens is 296 g/mol. The predicted molar refractivity (Wildman–Crippen MR) is 80.3 cm³/mol. The summed E-state index contributed by atoms with van der Waals surface area (Å²) in [6.07, 6.45) is 0. The van der Waals surface area contributed by atoms with Gasteiger partial charge in [-0.15, -0.1) is 0 Å². The van der Waals surface area contributed by atoms with Crippen LogP contribution in [0.1, 0.15) is 0 Å². The minimum atomic E-state index is -0.574. The van der Waals surface area contributed by atoms with E-state index in [4.69, 9.17) is 11.6 Å². The number of anilines is 2. The van der Waals surface area contributed by atoms with Crippen LogP contribution < -0.4 is 16.2 Å². The molecule has 0 fully saturated rings. The van der Waals surface area contributed by atoms with E-state index in [2.05, 4.69) is 16.2 Å². The number of hydrogen-bond acceptors (Lipinski definition) is 4. The van der Waals surface area contributed by atoms with E-state index in [1.165, 1.54) is 18.2 Å². The third kappa shape index (κ3) is 4.08. The third-order valence-corrected chi connectivity index (χ3v) is 2.83. The fraction of sp³-hybridized carbons (Fsp3) is 0. The molecule has 2 aromatic carbocycles. The van der Waals surface area contributed by atoms with Crippen LogP contribution in [-0.4, -0.2) is 11.0 Å². The maximum absolute atomic E-state index is 11.7. The molecule has 0 aliphatic carbocycles. The molecular formula is C13H11ClN4O3. The van der Waals surface area contributed by atoms with Crippen LogP contribution in [0.15, 0.2) is 48.5 Å². The number of nitrogens with zero attached hydrogens (tertiary/aromatic N) is 1. The zero-order valence-electron chi connectivity index (χ0n) is 10.7. The van der Waals surface area contributed by atoms with Gasteiger partial charge in [0.1, 0.15) is 0 Å². The smallest absolute Gasteiger partial charge is 0.306 e. The summed E-state index contributed by atoms with van der Waals surface area (Å²) in [4.78, 5) is 21.8. The molecule has 0 aliphatic rings. The van der Waals surface area contributed by atoms with Crippen molar-refractivity contribution in [3.8, 4) is 0 Å². The summed E-state index contributed by atoms with van der Waals surface area (Å²) in [6.45, 7) is 0. The topological polar surface area (TPSA) is 96.3 Å². The Balaban J connectivity index is 1.95. The number of nitro groups is 1. The third-order valence-electron chi connectivity index (χ3n) is 2.50. The van der Waals surface area contributed by atoms with Gasteiger partial charge < -0.3 is 5.32 Å². The van der Waals surface area contributed by atoms with Crippen molar-refractivity contribution in [3.63, 3.8) is 0 Å². The van der Waals surface area contributed by atoms with Crippen LogP contribution in [0.25, 0.3) is 0 Å². The van der Waals surface area contributed by atoms with Gasteiger partial charge in [-0.25, -0.2) is 4.79 Å². The Kier molecular flexibility index (Phi) is 4.57. The van der Waals surface area contributed by atoms with Crippen LogP contribution >= 0.6 is 11.6 Å². The van der Waals surface area contributed by atoms with Crippen molar-refractivity contribution in [2.24, 2.45) is 0 Å².